The lowest BCUT2D eigenvalue weighted by molar-refractivity contribution is -0.125. The molecule has 0 aliphatic carbocycles. The lowest BCUT2D eigenvalue weighted by Gasteiger charge is -2.20. The first-order valence-electron chi connectivity index (χ1n) is 6.57. The highest BCUT2D eigenvalue weighted by Crippen LogP contribution is 2.35. The van der Waals surface area contributed by atoms with E-state index in [-0.39, 0.29) is 23.6 Å². The molecule has 6 nitrogen and oxygen atoms in total. The van der Waals surface area contributed by atoms with Gasteiger partial charge in [0.05, 0.1) is 19.8 Å². The van der Waals surface area contributed by atoms with E-state index in [1.807, 2.05) is 20.8 Å². The smallest absolute Gasteiger partial charge is 0.338 e. The van der Waals surface area contributed by atoms with E-state index in [9.17, 15) is 9.59 Å². The van der Waals surface area contributed by atoms with Crippen molar-refractivity contribution in [2.24, 2.45) is 0 Å². The van der Waals surface area contributed by atoms with E-state index in [1.165, 1.54) is 26.4 Å². The molecule has 7 heteroatoms. The summed E-state index contributed by atoms with van der Waals surface area (Å²) in [5.74, 6) is -0.124. The van der Waals surface area contributed by atoms with E-state index >= 15 is 0 Å². The topological polar surface area (TPSA) is 73.9 Å². The summed E-state index contributed by atoms with van der Waals surface area (Å²) in [6.07, 6.45) is 0. The van der Waals surface area contributed by atoms with E-state index in [0.717, 1.165) is 0 Å². The van der Waals surface area contributed by atoms with Crippen LogP contribution in [0.3, 0.4) is 0 Å². The number of nitrogens with one attached hydrogen (secondary N) is 1. The maximum atomic E-state index is 12.0. The van der Waals surface area contributed by atoms with Crippen LogP contribution in [0.25, 0.3) is 0 Å². The van der Waals surface area contributed by atoms with Gasteiger partial charge in [-0.15, -0.1) is 0 Å². The Morgan fingerprint density at radius 3 is 2.05 bits per heavy atom. The zero-order valence-electron chi connectivity index (χ0n) is 13.3. The average molecular weight is 374 g/mol. The van der Waals surface area contributed by atoms with E-state index in [0.29, 0.717) is 16.0 Å². The van der Waals surface area contributed by atoms with Gasteiger partial charge in [0, 0.05) is 5.54 Å². The molecule has 1 aromatic carbocycles. The third-order valence-corrected chi connectivity index (χ3v) is 3.31. The first-order chi connectivity index (χ1) is 10.2. The first kappa shape index (κ1) is 18.3. The number of rotatable bonds is 5. The van der Waals surface area contributed by atoms with Gasteiger partial charge in [0.2, 0.25) is 0 Å². The maximum Gasteiger partial charge on any atom is 0.338 e. The fourth-order valence-electron chi connectivity index (χ4n) is 1.66. The van der Waals surface area contributed by atoms with Crippen LogP contribution in [0, 0.1) is 0 Å². The van der Waals surface area contributed by atoms with Crippen LogP contribution in [0.5, 0.6) is 11.5 Å². The Balaban J connectivity index is 2.80. The van der Waals surface area contributed by atoms with Gasteiger partial charge in [-0.2, -0.15) is 0 Å². The van der Waals surface area contributed by atoms with E-state index in [1.54, 1.807) is 0 Å². The number of benzene rings is 1. The Morgan fingerprint density at radius 2 is 1.64 bits per heavy atom. The van der Waals surface area contributed by atoms with Gasteiger partial charge in [0.25, 0.3) is 5.91 Å². The van der Waals surface area contributed by atoms with Crippen LogP contribution in [0.1, 0.15) is 31.1 Å². The fraction of sp³-hybridized carbons (Fsp3) is 0.467. The van der Waals surface area contributed by atoms with Gasteiger partial charge in [-0.25, -0.2) is 4.79 Å². The average Bonchev–Trinajstić information content (AvgIpc) is 2.43. The molecule has 0 fully saturated rings. The van der Waals surface area contributed by atoms with Crippen LogP contribution >= 0.6 is 15.9 Å². The number of carbonyl (C=O) groups excluding carboxylic acids is 2. The zero-order chi connectivity index (χ0) is 16.9. The molecule has 0 aliphatic heterocycles. The molecule has 1 rings (SSSR count). The predicted octanol–water partition coefficient (Wildman–Crippen LogP) is 2.54. The van der Waals surface area contributed by atoms with Crippen LogP contribution < -0.4 is 14.8 Å². The minimum Gasteiger partial charge on any atom is -0.495 e. The van der Waals surface area contributed by atoms with Gasteiger partial charge in [0.1, 0.15) is 16.0 Å². The molecule has 0 spiro atoms. The minimum atomic E-state index is -0.631. The van der Waals surface area contributed by atoms with Crippen LogP contribution in [0.2, 0.25) is 0 Å². The predicted molar refractivity (Wildman–Crippen MR) is 85.4 cm³/mol. The molecule has 0 aromatic heterocycles. The van der Waals surface area contributed by atoms with Crippen molar-refractivity contribution in [3.05, 3.63) is 22.2 Å². The largest absolute Gasteiger partial charge is 0.495 e. The normalized spacial score (nSPS) is 10.8. The molecule has 0 saturated heterocycles. The third kappa shape index (κ3) is 5.22. The highest BCUT2D eigenvalue weighted by Gasteiger charge is 2.18. The monoisotopic (exact) mass is 373 g/mol. The lowest BCUT2D eigenvalue weighted by Crippen LogP contribution is -2.42. The number of halogens is 1. The molecule has 1 N–H and O–H groups in total. The quantitative estimate of drug-likeness (QED) is 0.802. The summed E-state index contributed by atoms with van der Waals surface area (Å²) in [5.41, 5.74) is -0.145. The van der Waals surface area contributed by atoms with Crippen molar-refractivity contribution in [1.29, 1.82) is 0 Å². The van der Waals surface area contributed by atoms with Gasteiger partial charge in [-0.05, 0) is 48.8 Å². The second kappa shape index (κ2) is 7.49. The number of ether oxygens (including phenoxy) is 3. The van der Waals surface area contributed by atoms with Crippen LogP contribution in [-0.4, -0.2) is 38.2 Å². The van der Waals surface area contributed by atoms with Gasteiger partial charge in [-0.3, -0.25) is 4.79 Å². The highest BCUT2D eigenvalue weighted by atomic mass is 79.9. The first-order valence-corrected chi connectivity index (χ1v) is 7.37. The van der Waals surface area contributed by atoms with Crippen molar-refractivity contribution in [3.63, 3.8) is 0 Å². The molecule has 1 aromatic rings. The molecular formula is C15H20BrNO5. The van der Waals surface area contributed by atoms with Gasteiger partial charge in [-0.1, -0.05) is 0 Å². The molecule has 0 heterocycles. The van der Waals surface area contributed by atoms with E-state index in [4.69, 9.17) is 14.2 Å². The van der Waals surface area contributed by atoms with Gasteiger partial charge < -0.3 is 19.5 Å². The molecule has 0 bridgehead atoms. The molecule has 0 radical (unpaired) electrons. The molecule has 122 valence electrons. The number of amides is 1. The Hall–Kier alpha value is -1.76. The molecule has 0 atom stereocenters. The number of hydrogen-bond donors (Lipinski definition) is 1. The maximum absolute atomic E-state index is 12.0. The Morgan fingerprint density at radius 1 is 1.14 bits per heavy atom. The Bertz CT molecular complexity index is 541. The standard InChI is InChI=1S/C15H20BrNO5/c1-15(2,3)17-12(18)8-22-14(19)9-6-10(20-4)13(16)11(7-9)21-5/h6-7H,8H2,1-5H3,(H,17,18). The van der Waals surface area contributed by atoms with Crippen molar-refractivity contribution in [3.8, 4) is 11.5 Å². The van der Waals surface area contributed by atoms with Crippen LogP contribution in [0.15, 0.2) is 16.6 Å². The molecule has 22 heavy (non-hydrogen) atoms. The van der Waals surface area contributed by atoms with E-state index in [2.05, 4.69) is 21.2 Å². The Kier molecular flexibility index (Phi) is 6.22. The molecule has 0 aliphatic rings. The van der Waals surface area contributed by atoms with Crippen molar-refractivity contribution in [2.75, 3.05) is 20.8 Å². The van der Waals surface area contributed by atoms with Crippen molar-refractivity contribution in [1.82, 2.24) is 5.32 Å². The van der Waals surface area contributed by atoms with Gasteiger partial charge >= 0.3 is 5.97 Å². The Labute approximate surface area is 138 Å². The summed E-state index contributed by atoms with van der Waals surface area (Å²) in [4.78, 5) is 23.7. The second-order valence-electron chi connectivity index (χ2n) is 5.57. The van der Waals surface area contributed by atoms with Crippen LogP contribution in [0.4, 0.5) is 0 Å². The summed E-state index contributed by atoms with van der Waals surface area (Å²) in [5, 5.41) is 2.71. The fourth-order valence-corrected chi connectivity index (χ4v) is 2.21. The summed E-state index contributed by atoms with van der Waals surface area (Å²) in [7, 11) is 2.96. The highest BCUT2D eigenvalue weighted by molar-refractivity contribution is 9.10. The third-order valence-electron chi connectivity index (χ3n) is 2.53. The van der Waals surface area contributed by atoms with Gasteiger partial charge in [0.15, 0.2) is 6.61 Å². The summed E-state index contributed by atoms with van der Waals surface area (Å²) in [6, 6.07) is 3.02. The second-order valence-corrected chi connectivity index (χ2v) is 6.36. The van der Waals surface area contributed by atoms with Crippen LogP contribution in [-0.2, 0) is 9.53 Å². The minimum absolute atomic E-state index is 0.237. The SMILES string of the molecule is COc1cc(C(=O)OCC(=O)NC(C)(C)C)cc(OC)c1Br. The molecule has 1 amide bonds. The number of hydrogen-bond acceptors (Lipinski definition) is 5. The summed E-state index contributed by atoms with van der Waals surface area (Å²) < 4.78 is 15.9. The zero-order valence-corrected chi connectivity index (χ0v) is 14.9. The number of methoxy groups -OCH3 is 2. The number of carbonyl (C=O) groups is 2. The van der Waals surface area contributed by atoms with Crippen molar-refractivity contribution in [2.45, 2.75) is 26.3 Å². The number of esters is 1. The lowest BCUT2D eigenvalue weighted by atomic mass is 10.1. The van der Waals surface area contributed by atoms with Crippen molar-refractivity contribution >= 4 is 27.8 Å². The molecule has 0 unspecified atom stereocenters. The summed E-state index contributed by atoms with van der Waals surface area (Å²) in [6.45, 7) is 5.18. The van der Waals surface area contributed by atoms with Crippen molar-refractivity contribution < 1.29 is 23.8 Å². The van der Waals surface area contributed by atoms with E-state index < -0.39 is 5.97 Å². The molecular weight excluding hydrogens is 354 g/mol. The molecule has 0 saturated carbocycles. The summed E-state index contributed by atoms with van der Waals surface area (Å²) >= 11 is 3.31.